The normalized spacial score (nSPS) is 12.7. The number of aromatic nitrogens is 1. The van der Waals surface area contributed by atoms with E-state index in [1.807, 2.05) is 30.3 Å². The topological polar surface area (TPSA) is 33.1 Å². The van der Waals surface area contributed by atoms with Crippen LogP contribution < -0.4 is 0 Å². The van der Waals surface area contributed by atoms with Gasteiger partial charge in [0.05, 0.1) is 11.6 Å². The Morgan fingerprint density at radius 2 is 1.95 bits per heavy atom. The van der Waals surface area contributed by atoms with Gasteiger partial charge in [-0.1, -0.05) is 31.2 Å². The fraction of sp³-hybridized carbons (Fsp3) is 0.235. The number of benzene rings is 1. The molecule has 0 aliphatic carbocycles. The molecule has 102 valence electrons. The standard InChI is InChI=1S/C17H17NOS/c1-2-14-9-10-17(20-14)16(19)11-13-8-7-12-5-3-4-6-15(12)18-13/h3-10,16,19H,2,11H2,1H3. The molecule has 0 bridgehead atoms. The maximum absolute atomic E-state index is 10.3. The Kier molecular flexibility index (Phi) is 3.81. The molecule has 0 saturated heterocycles. The highest BCUT2D eigenvalue weighted by molar-refractivity contribution is 7.12. The van der Waals surface area contributed by atoms with Gasteiger partial charge in [0.15, 0.2) is 0 Å². The van der Waals surface area contributed by atoms with Gasteiger partial charge in [-0.15, -0.1) is 11.3 Å². The number of fused-ring (bicyclic) bond motifs is 1. The highest BCUT2D eigenvalue weighted by atomic mass is 32.1. The molecule has 2 aromatic heterocycles. The van der Waals surface area contributed by atoms with Crippen LogP contribution in [0.2, 0.25) is 0 Å². The van der Waals surface area contributed by atoms with Gasteiger partial charge in [0.1, 0.15) is 0 Å². The lowest BCUT2D eigenvalue weighted by Crippen LogP contribution is -2.01. The molecular formula is C17H17NOS. The molecule has 2 heterocycles. The van der Waals surface area contributed by atoms with Crippen LogP contribution in [0.15, 0.2) is 48.5 Å². The van der Waals surface area contributed by atoms with Crippen LogP contribution in [-0.2, 0) is 12.8 Å². The first-order valence-corrected chi connectivity index (χ1v) is 7.69. The third-order valence-corrected chi connectivity index (χ3v) is 4.75. The molecule has 1 aromatic carbocycles. The summed E-state index contributed by atoms with van der Waals surface area (Å²) in [7, 11) is 0. The van der Waals surface area contributed by atoms with Crippen molar-refractivity contribution in [3.63, 3.8) is 0 Å². The first kappa shape index (κ1) is 13.3. The van der Waals surface area contributed by atoms with E-state index in [-0.39, 0.29) is 0 Å². The van der Waals surface area contributed by atoms with Crippen molar-refractivity contribution in [2.45, 2.75) is 25.9 Å². The van der Waals surface area contributed by atoms with Crippen LogP contribution in [0.5, 0.6) is 0 Å². The predicted molar refractivity (Wildman–Crippen MR) is 84.1 cm³/mol. The second kappa shape index (κ2) is 5.73. The van der Waals surface area contributed by atoms with Gasteiger partial charge in [0.25, 0.3) is 0 Å². The van der Waals surface area contributed by atoms with Crippen molar-refractivity contribution >= 4 is 22.2 Å². The molecule has 1 N–H and O–H groups in total. The zero-order valence-corrected chi connectivity index (χ0v) is 12.2. The number of para-hydroxylation sites is 1. The molecule has 0 fully saturated rings. The average Bonchev–Trinajstić information content (AvgIpc) is 2.96. The van der Waals surface area contributed by atoms with Gasteiger partial charge in [0, 0.05) is 27.3 Å². The molecule has 3 aromatic rings. The first-order valence-electron chi connectivity index (χ1n) is 6.87. The van der Waals surface area contributed by atoms with E-state index in [2.05, 4.69) is 30.1 Å². The summed E-state index contributed by atoms with van der Waals surface area (Å²) in [5, 5.41) is 11.5. The van der Waals surface area contributed by atoms with Gasteiger partial charge >= 0.3 is 0 Å². The summed E-state index contributed by atoms with van der Waals surface area (Å²) >= 11 is 1.69. The summed E-state index contributed by atoms with van der Waals surface area (Å²) in [5.41, 5.74) is 1.92. The number of hydrogen-bond acceptors (Lipinski definition) is 3. The van der Waals surface area contributed by atoms with Crippen LogP contribution in [0.25, 0.3) is 10.9 Å². The number of aliphatic hydroxyl groups is 1. The Bertz CT molecular complexity index is 720. The summed E-state index contributed by atoms with van der Waals surface area (Å²) in [5.74, 6) is 0. The van der Waals surface area contributed by atoms with Crippen LogP contribution >= 0.6 is 11.3 Å². The molecule has 3 rings (SSSR count). The molecule has 0 radical (unpaired) electrons. The molecule has 0 aliphatic heterocycles. The summed E-state index contributed by atoms with van der Waals surface area (Å²) in [6, 6.07) is 16.2. The van der Waals surface area contributed by atoms with Crippen LogP contribution in [0.4, 0.5) is 0 Å². The van der Waals surface area contributed by atoms with Crippen molar-refractivity contribution in [1.82, 2.24) is 4.98 Å². The molecule has 3 heteroatoms. The van der Waals surface area contributed by atoms with E-state index in [4.69, 9.17) is 0 Å². The molecule has 2 nitrogen and oxygen atoms in total. The highest BCUT2D eigenvalue weighted by Gasteiger charge is 2.12. The first-order chi connectivity index (χ1) is 9.76. The second-order valence-electron chi connectivity index (χ2n) is 4.87. The van der Waals surface area contributed by atoms with E-state index in [1.54, 1.807) is 11.3 Å². The quantitative estimate of drug-likeness (QED) is 0.781. The maximum Gasteiger partial charge on any atom is 0.0937 e. The van der Waals surface area contributed by atoms with Gasteiger partial charge in [-0.3, -0.25) is 4.98 Å². The minimum absolute atomic E-state index is 0.464. The summed E-state index contributed by atoms with van der Waals surface area (Å²) < 4.78 is 0. The lowest BCUT2D eigenvalue weighted by atomic mass is 10.1. The lowest BCUT2D eigenvalue weighted by Gasteiger charge is -2.08. The van der Waals surface area contributed by atoms with Crippen molar-refractivity contribution in [1.29, 1.82) is 0 Å². The van der Waals surface area contributed by atoms with Gasteiger partial charge in [0.2, 0.25) is 0 Å². The molecular weight excluding hydrogens is 266 g/mol. The van der Waals surface area contributed by atoms with Crippen molar-refractivity contribution in [2.24, 2.45) is 0 Å². The number of hydrogen-bond donors (Lipinski definition) is 1. The predicted octanol–water partition coefficient (Wildman–Crippen LogP) is 4.13. The molecule has 20 heavy (non-hydrogen) atoms. The van der Waals surface area contributed by atoms with Crippen molar-refractivity contribution in [2.75, 3.05) is 0 Å². The number of rotatable bonds is 4. The minimum atomic E-state index is -0.464. The van der Waals surface area contributed by atoms with Crippen LogP contribution in [0, 0.1) is 0 Å². The molecule has 1 atom stereocenters. The number of pyridine rings is 1. The maximum atomic E-state index is 10.3. The summed E-state index contributed by atoms with van der Waals surface area (Å²) in [6.07, 6.45) is 1.12. The van der Waals surface area contributed by atoms with Crippen molar-refractivity contribution in [3.05, 3.63) is 64.0 Å². The number of aliphatic hydroxyl groups excluding tert-OH is 1. The zero-order valence-electron chi connectivity index (χ0n) is 11.4. The van der Waals surface area contributed by atoms with Crippen molar-refractivity contribution in [3.8, 4) is 0 Å². The Morgan fingerprint density at radius 1 is 1.10 bits per heavy atom. The smallest absolute Gasteiger partial charge is 0.0937 e. The average molecular weight is 283 g/mol. The Labute approximate surface area is 122 Å². The van der Waals surface area contributed by atoms with E-state index in [9.17, 15) is 5.11 Å². The Balaban J connectivity index is 1.81. The SMILES string of the molecule is CCc1ccc(C(O)Cc2ccc3ccccc3n2)s1. The van der Waals surface area contributed by atoms with Gasteiger partial charge < -0.3 is 5.11 Å². The monoisotopic (exact) mass is 283 g/mol. The molecule has 1 unspecified atom stereocenters. The van der Waals surface area contributed by atoms with E-state index in [0.717, 1.165) is 27.9 Å². The Morgan fingerprint density at radius 3 is 2.75 bits per heavy atom. The van der Waals surface area contributed by atoms with Crippen LogP contribution in [0.3, 0.4) is 0 Å². The third kappa shape index (κ3) is 2.74. The van der Waals surface area contributed by atoms with Crippen LogP contribution in [0.1, 0.15) is 28.5 Å². The molecule has 0 spiro atoms. The largest absolute Gasteiger partial charge is 0.387 e. The van der Waals surface area contributed by atoms with E-state index in [1.165, 1.54) is 4.88 Å². The molecule has 0 saturated carbocycles. The fourth-order valence-corrected chi connectivity index (χ4v) is 3.22. The van der Waals surface area contributed by atoms with Crippen molar-refractivity contribution < 1.29 is 5.11 Å². The van der Waals surface area contributed by atoms with E-state index >= 15 is 0 Å². The minimum Gasteiger partial charge on any atom is -0.387 e. The number of aryl methyl sites for hydroxylation is 1. The molecule has 0 aliphatic rings. The second-order valence-corrected chi connectivity index (χ2v) is 6.07. The van der Waals surface area contributed by atoms with Gasteiger partial charge in [-0.2, -0.15) is 0 Å². The number of nitrogens with zero attached hydrogens (tertiary/aromatic N) is 1. The summed E-state index contributed by atoms with van der Waals surface area (Å²) in [4.78, 5) is 6.95. The lowest BCUT2D eigenvalue weighted by molar-refractivity contribution is 0.181. The third-order valence-electron chi connectivity index (χ3n) is 3.42. The van der Waals surface area contributed by atoms with Crippen LogP contribution in [-0.4, -0.2) is 10.1 Å². The van der Waals surface area contributed by atoms with E-state index < -0.39 is 6.10 Å². The van der Waals surface area contributed by atoms with Gasteiger partial charge in [-0.25, -0.2) is 0 Å². The van der Waals surface area contributed by atoms with E-state index in [0.29, 0.717) is 6.42 Å². The molecule has 0 amide bonds. The van der Waals surface area contributed by atoms with Gasteiger partial charge in [-0.05, 0) is 30.7 Å². The zero-order chi connectivity index (χ0) is 13.9. The fourth-order valence-electron chi connectivity index (χ4n) is 2.28. The highest BCUT2D eigenvalue weighted by Crippen LogP contribution is 2.26. The number of thiophene rings is 1. The Hall–Kier alpha value is -1.71. The summed E-state index contributed by atoms with van der Waals surface area (Å²) in [6.45, 7) is 2.13.